The number of amides is 1. The molecule has 0 unspecified atom stereocenters. The molecule has 0 radical (unpaired) electrons. The number of nitrogens with zero attached hydrogens (tertiary/aromatic N) is 2. The molecule has 2 aromatic carbocycles. The van der Waals surface area contributed by atoms with Gasteiger partial charge in [0.1, 0.15) is 6.61 Å². The Labute approximate surface area is 183 Å². The van der Waals surface area contributed by atoms with Gasteiger partial charge in [0.25, 0.3) is 0 Å². The quantitative estimate of drug-likeness (QED) is 0.572. The number of benzene rings is 2. The van der Waals surface area contributed by atoms with Gasteiger partial charge < -0.3 is 19.6 Å². The molecule has 9 heteroatoms. The van der Waals surface area contributed by atoms with Crippen molar-refractivity contribution in [1.82, 2.24) is 19.8 Å². The predicted molar refractivity (Wildman–Crippen MR) is 118 cm³/mol. The van der Waals surface area contributed by atoms with Gasteiger partial charge in [0.2, 0.25) is 0 Å². The van der Waals surface area contributed by atoms with Crippen molar-refractivity contribution in [3.05, 3.63) is 69.1 Å². The average molecular weight is 443 g/mol. The summed E-state index contributed by atoms with van der Waals surface area (Å²) in [5.41, 5.74) is 2.48. The number of nitrogens with one attached hydrogen (secondary N) is 2. The van der Waals surface area contributed by atoms with Crippen LogP contribution in [0.5, 0.6) is 0 Å². The fourth-order valence-corrected chi connectivity index (χ4v) is 3.71. The number of rotatable bonds is 6. The third-order valence-electron chi connectivity index (χ3n) is 5.40. The number of hydrogen-bond donors (Lipinski definition) is 2. The highest BCUT2D eigenvalue weighted by Gasteiger charge is 2.22. The number of ether oxygens (including phenoxy) is 1. The van der Waals surface area contributed by atoms with E-state index < -0.39 is 0 Å². The lowest BCUT2D eigenvalue weighted by atomic mass is 10.1. The van der Waals surface area contributed by atoms with Crippen LogP contribution in [0.15, 0.2) is 47.3 Å². The second-order valence-electron chi connectivity index (χ2n) is 7.52. The van der Waals surface area contributed by atoms with Crippen molar-refractivity contribution in [2.45, 2.75) is 13.0 Å². The first-order valence-corrected chi connectivity index (χ1v) is 10.5. The summed E-state index contributed by atoms with van der Waals surface area (Å²) in [6.45, 7) is 3.32. The van der Waals surface area contributed by atoms with Gasteiger partial charge in [-0.3, -0.25) is 9.69 Å². The standard InChI is InChI=1S/C22H23ClN4O4/c23-17-4-1-15(2-5-17)14-31-22(30)27-11-9-26(10-12-27)8-7-20(28)16-3-6-18-19(13-16)25-21(29)24-18/h1-6,13H,7-12,14H2,(H2,24,25,29). The van der Waals surface area contributed by atoms with Crippen LogP contribution in [-0.4, -0.2) is 64.4 Å². The van der Waals surface area contributed by atoms with Gasteiger partial charge in [0.05, 0.1) is 11.0 Å². The van der Waals surface area contributed by atoms with Crippen LogP contribution in [0.3, 0.4) is 0 Å². The van der Waals surface area contributed by atoms with E-state index in [9.17, 15) is 14.4 Å². The molecule has 1 saturated heterocycles. The van der Waals surface area contributed by atoms with Crippen LogP contribution in [0.2, 0.25) is 5.02 Å². The van der Waals surface area contributed by atoms with Gasteiger partial charge in [-0.1, -0.05) is 23.7 Å². The van der Waals surface area contributed by atoms with Crippen molar-refractivity contribution >= 4 is 34.5 Å². The molecule has 162 valence electrons. The predicted octanol–water partition coefficient (Wildman–Crippen LogP) is 3.04. The van der Waals surface area contributed by atoms with Crippen molar-refractivity contribution in [3.8, 4) is 0 Å². The van der Waals surface area contributed by atoms with E-state index in [0.29, 0.717) is 60.8 Å². The molecule has 2 heterocycles. The highest BCUT2D eigenvalue weighted by Crippen LogP contribution is 2.14. The van der Waals surface area contributed by atoms with Gasteiger partial charge in [0, 0.05) is 49.7 Å². The Morgan fingerprint density at radius 2 is 1.68 bits per heavy atom. The summed E-state index contributed by atoms with van der Waals surface area (Å²) in [6, 6.07) is 12.3. The number of piperazine rings is 1. The maximum atomic E-state index is 12.5. The number of carbonyl (C=O) groups excluding carboxylic acids is 2. The van der Waals surface area contributed by atoms with Crippen LogP contribution < -0.4 is 5.69 Å². The molecule has 4 rings (SSSR count). The van der Waals surface area contributed by atoms with Gasteiger partial charge in [0.15, 0.2) is 5.78 Å². The molecule has 0 bridgehead atoms. The highest BCUT2D eigenvalue weighted by atomic mass is 35.5. The Bertz CT molecular complexity index is 1130. The topological polar surface area (TPSA) is 98.5 Å². The number of fused-ring (bicyclic) bond motifs is 1. The molecule has 1 aliphatic heterocycles. The lowest BCUT2D eigenvalue weighted by Crippen LogP contribution is -2.49. The van der Waals surface area contributed by atoms with Gasteiger partial charge in [-0.05, 0) is 35.9 Å². The summed E-state index contributed by atoms with van der Waals surface area (Å²) < 4.78 is 5.38. The van der Waals surface area contributed by atoms with E-state index in [1.54, 1.807) is 35.2 Å². The smallest absolute Gasteiger partial charge is 0.410 e. The third kappa shape index (κ3) is 5.34. The monoisotopic (exact) mass is 442 g/mol. The zero-order valence-electron chi connectivity index (χ0n) is 16.9. The van der Waals surface area contributed by atoms with Crippen LogP contribution in [-0.2, 0) is 11.3 Å². The minimum absolute atomic E-state index is 0.0220. The highest BCUT2D eigenvalue weighted by molar-refractivity contribution is 6.30. The molecule has 1 amide bonds. The Kier molecular flexibility index (Phi) is 6.39. The van der Waals surface area contributed by atoms with Gasteiger partial charge in [-0.2, -0.15) is 0 Å². The van der Waals surface area contributed by atoms with Crippen LogP contribution in [0.25, 0.3) is 11.0 Å². The molecule has 1 aromatic heterocycles. The van der Waals surface area contributed by atoms with E-state index in [1.165, 1.54) is 0 Å². The first-order valence-electron chi connectivity index (χ1n) is 10.1. The number of halogens is 1. The molecular weight excluding hydrogens is 420 g/mol. The minimum atomic E-state index is -0.334. The zero-order valence-corrected chi connectivity index (χ0v) is 17.7. The number of ketones is 1. The molecule has 31 heavy (non-hydrogen) atoms. The average Bonchev–Trinajstić information content (AvgIpc) is 3.16. The van der Waals surface area contributed by atoms with E-state index in [-0.39, 0.29) is 24.2 Å². The summed E-state index contributed by atoms with van der Waals surface area (Å²) in [5.74, 6) is 0.0220. The Hall–Kier alpha value is -3.10. The van der Waals surface area contributed by atoms with Crippen molar-refractivity contribution in [2.24, 2.45) is 0 Å². The molecule has 0 saturated carbocycles. The van der Waals surface area contributed by atoms with E-state index in [0.717, 1.165) is 5.56 Å². The fraction of sp³-hybridized carbons (Fsp3) is 0.318. The van der Waals surface area contributed by atoms with Gasteiger partial charge in [-0.25, -0.2) is 9.59 Å². The molecule has 0 aliphatic carbocycles. The number of carbonyl (C=O) groups is 2. The molecule has 3 aromatic rings. The number of hydrogen-bond acceptors (Lipinski definition) is 5. The number of Topliss-reactive ketones (excluding diaryl/α,β-unsaturated/α-hetero) is 1. The maximum Gasteiger partial charge on any atom is 0.410 e. The van der Waals surface area contributed by atoms with Gasteiger partial charge in [-0.15, -0.1) is 0 Å². The van der Waals surface area contributed by atoms with E-state index in [2.05, 4.69) is 14.9 Å². The summed E-state index contributed by atoms with van der Waals surface area (Å²) in [7, 11) is 0. The number of imidazole rings is 1. The Morgan fingerprint density at radius 3 is 2.42 bits per heavy atom. The van der Waals surface area contributed by atoms with Gasteiger partial charge >= 0.3 is 11.8 Å². The first kappa shape index (κ1) is 21.1. The maximum absolute atomic E-state index is 12.5. The lowest BCUT2D eigenvalue weighted by molar-refractivity contribution is 0.0697. The Balaban J connectivity index is 1.21. The summed E-state index contributed by atoms with van der Waals surface area (Å²) >= 11 is 5.86. The molecule has 2 N–H and O–H groups in total. The number of aromatic amines is 2. The van der Waals surface area contributed by atoms with Crippen molar-refractivity contribution in [2.75, 3.05) is 32.7 Å². The molecule has 0 atom stereocenters. The number of aromatic nitrogens is 2. The second-order valence-corrected chi connectivity index (χ2v) is 7.96. The largest absolute Gasteiger partial charge is 0.445 e. The van der Waals surface area contributed by atoms with Crippen molar-refractivity contribution in [1.29, 1.82) is 0 Å². The van der Waals surface area contributed by atoms with E-state index >= 15 is 0 Å². The molecule has 1 fully saturated rings. The summed E-state index contributed by atoms with van der Waals surface area (Å²) in [4.78, 5) is 45.4. The molecule has 8 nitrogen and oxygen atoms in total. The fourth-order valence-electron chi connectivity index (χ4n) is 3.58. The summed E-state index contributed by atoms with van der Waals surface area (Å²) in [6.07, 6.45) is 0.0423. The van der Waals surface area contributed by atoms with E-state index in [1.807, 2.05) is 12.1 Å². The summed E-state index contributed by atoms with van der Waals surface area (Å²) in [5, 5.41) is 0.643. The van der Waals surface area contributed by atoms with Crippen LogP contribution >= 0.6 is 11.6 Å². The van der Waals surface area contributed by atoms with Crippen molar-refractivity contribution in [3.63, 3.8) is 0 Å². The Morgan fingerprint density at radius 1 is 0.968 bits per heavy atom. The first-order chi connectivity index (χ1) is 15.0. The van der Waals surface area contributed by atoms with Crippen LogP contribution in [0, 0.1) is 0 Å². The third-order valence-corrected chi connectivity index (χ3v) is 5.65. The molecule has 0 spiro atoms. The SMILES string of the molecule is O=C(CCN1CCN(C(=O)OCc2ccc(Cl)cc2)CC1)c1ccc2[nH]c(=O)[nH]c2c1. The zero-order chi connectivity index (χ0) is 21.8. The van der Waals surface area contributed by atoms with Crippen LogP contribution in [0.1, 0.15) is 22.3 Å². The molecule has 1 aliphatic rings. The lowest BCUT2D eigenvalue weighted by Gasteiger charge is -2.33. The second kappa shape index (κ2) is 9.36. The van der Waals surface area contributed by atoms with Crippen molar-refractivity contribution < 1.29 is 14.3 Å². The molecular formula is C22H23ClN4O4. The normalized spacial score (nSPS) is 14.7. The van der Waals surface area contributed by atoms with E-state index in [4.69, 9.17) is 16.3 Å². The van der Waals surface area contributed by atoms with Crippen LogP contribution in [0.4, 0.5) is 4.79 Å². The number of H-pyrrole nitrogens is 2. The minimum Gasteiger partial charge on any atom is -0.445 e.